The highest BCUT2D eigenvalue weighted by atomic mass is 35.5. The predicted octanol–water partition coefficient (Wildman–Crippen LogP) is 7.01. The lowest BCUT2D eigenvalue weighted by atomic mass is 9.78. The molecule has 166 valence electrons. The van der Waals surface area contributed by atoms with Gasteiger partial charge in [-0.15, -0.1) is 21.8 Å². The van der Waals surface area contributed by atoms with Gasteiger partial charge in [0.05, 0.1) is 16.7 Å². The van der Waals surface area contributed by atoms with Gasteiger partial charge in [0.25, 0.3) is 11.1 Å². The smallest absolute Gasteiger partial charge is 0.276 e. The van der Waals surface area contributed by atoms with Gasteiger partial charge in [0.2, 0.25) is 0 Å². The number of hydrogen-bond donors (Lipinski definition) is 0. The highest BCUT2D eigenvalue weighted by molar-refractivity contribution is 7.98. The first-order chi connectivity index (χ1) is 14.8. The zero-order valence-corrected chi connectivity index (χ0v) is 20.5. The minimum absolute atomic E-state index is 0.215. The molecule has 0 aliphatic rings. The van der Waals surface area contributed by atoms with Crippen molar-refractivity contribution in [2.45, 2.75) is 37.5 Å². The standard InChI is InChI=1S/C22H23Cl3N2O3S/c1-22(2,15-11-17(24)20(18(25)12-15)28-10-4-9-23)14-5-7-16(8-6-14)29-13-19-26-27-21(30-19)31-3/h5-8,11-12H,4,9-10,13H2,1-3H3. The van der Waals surface area contributed by atoms with E-state index in [-0.39, 0.29) is 12.0 Å². The summed E-state index contributed by atoms with van der Waals surface area (Å²) in [6.07, 6.45) is 2.60. The molecule has 0 aliphatic carbocycles. The third kappa shape index (κ3) is 6.01. The first-order valence-electron chi connectivity index (χ1n) is 9.63. The zero-order valence-electron chi connectivity index (χ0n) is 17.5. The van der Waals surface area contributed by atoms with E-state index in [1.165, 1.54) is 11.8 Å². The third-order valence-electron chi connectivity index (χ3n) is 4.81. The van der Waals surface area contributed by atoms with Crippen LogP contribution in [0.25, 0.3) is 0 Å². The maximum atomic E-state index is 6.46. The van der Waals surface area contributed by atoms with E-state index in [2.05, 4.69) is 24.0 Å². The van der Waals surface area contributed by atoms with Crippen LogP contribution < -0.4 is 9.47 Å². The Morgan fingerprint density at radius 2 is 1.68 bits per heavy atom. The van der Waals surface area contributed by atoms with Crippen molar-refractivity contribution in [3.8, 4) is 11.5 Å². The lowest BCUT2D eigenvalue weighted by molar-refractivity contribution is 0.252. The van der Waals surface area contributed by atoms with E-state index in [4.69, 9.17) is 48.7 Å². The third-order valence-corrected chi connectivity index (χ3v) is 6.15. The summed E-state index contributed by atoms with van der Waals surface area (Å²) in [5.74, 6) is 2.16. The van der Waals surface area contributed by atoms with E-state index < -0.39 is 0 Å². The maximum Gasteiger partial charge on any atom is 0.276 e. The Bertz CT molecular complexity index is 986. The number of benzene rings is 2. The molecule has 0 radical (unpaired) electrons. The second-order valence-electron chi connectivity index (χ2n) is 7.26. The monoisotopic (exact) mass is 500 g/mol. The molecule has 0 atom stereocenters. The number of nitrogens with zero attached hydrogens (tertiary/aromatic N) is 2. The maximum absolute atomic E-state index is 6.46. The highest BCUT2D eigenvalue weighted by Crippen LogP contribution is 2.40. The fourth-order valence-corrected chi connectivity index (χ4v) is 3.95. The molecule has 0 fully saturated rings. The van der Waals surface area contributed by atoms with Crippen LogP contribution in [0.4, 0.5) is 0 Å². The van der Waals surface area contributed by atoms with Crippen LogP contribution in [0.15, 0.2) is 46.0 Å². The number of hydrogen-bond acceptors (Lipinski definition) is 6. The molecule has 0 saturated carbocycles. The summed E-state index contributed by atoms with van der Waals surface area (Å²) >= 11 is 20.0. The van der Waals surface area contributed by atoms with Gasteiger partial charge < -0.3 is 13.9 Å². The molecule has 0 amide bonds. The summed E-state index contributed by atoms with van der Waals surface area (Å²) in [4.78, 5) is 0. The summed E-state index contributed by atoms with van der Waals surface area (Å²) in [6.45, 7) is 4.91. The van der Waals surface area contributed by atoms with Crippen molar-refractivity contribution in [3.63, 3.8) is 0 Å². The zero-order chi connectivity index (χ0) is 22.4. The second kappa shape index (κ2) is 10.8. The SMILES string of the molecule is CSc1nnc(COc2ccc(C(C)(C)c3cc(Cl)c(OCCCCl)c(Cl)c3)cc2)o1. The summed E-state index contributed by atoms with van der Waals surface area (Å²) in [7, 11) is 0. The fraction of sp³-hybridized carbons (Fsp3) is 0.364. The molecule has 0 unspecified atom stereocenters. The molecule has 3 aromatic rings. The van der Waals surface area contributed by atoms with Crippen LogP contribution in [0.2, 0.25) is 10.0 Å². The number of thioether (sulfide) groups is 1. The Hall–Kier alpha value is -1.60. The van der Waals surface area contributed by atoms with E-state index in [9.17, 15) is 0 Å². The summed E-state index contributed by atoms with van der Waals surface area (Å²) in [6, 6.07) is 11.7. The van der Waals surface area contributed by atoms with E-state index in [1.807, 2.05) is 42.7 Å². The average Bonchev–Trinajstić information content (AvgIpc) is 3.22. The van der Waals surface area contributed by atoms with Crippen molar-refractivity contribution in [1.82, 2.24) is 10.2 Å². The lowest BCUT2D eigenvalue weighted by Crippen LogP contribution is -2.19. The average molecular weight is 502 g/mol. The quantitative estimate of drug-likeness (QED) is 0.169. The van der Waals surface area contributed by atoms with Crippen LogP contribution in [0.5, 0.6) is 11.5 Å². The Morgan fingerprint density at radius 3 is 2.26 bits per heavy atom. The van der Waals surface area contributed by atoms with E-state index in [0.29, 0.717) is 45.1 Å². The van der Waals surface area contributed by atoms with Crippen LogP contribution in [-0.2, 0) is 12.0 Å². The lowest BCUT2D eigenvalue weighted by Gasteiger charge is -2.27. The molecule has 5 nitrogen and oxygen atoms in total. The van der Waals surface area contributed by atoms with Gasteiger partial charge in [-0.3, -0.25) is 0 Å². The van der Waals surface area contributed by atoms with Crippen LogP contribution in [0, 0.1) is 0 Å². The Morgan fingerprint density at radius 1 is 1.00 bits per heavy atom. The van der Waals surface area contributed by atoms with Gasteiger partial charge in [-0.2, -0.15) is 0 Å². The van der Waals surface area contributed by atoms with Crippen LogP contribution in [-0.4, -0.2) is 28.9 Å². The molecule has 0 N–H and O–H groups in total. The fourth-order valence-electron chi connectivity index (χ4n) is 2.95. The molecule has 0 spiro atoms. The second-order valence-corrected chi connectivity index (χ2v) is 9.21. The normalized spacial score (nSPS) is 11.5. The van der Waals surface area contributed by atoms with Crippen LogP contribution in [0.1, 0.15) is 37.3 Å². The molecule has 3 rings (SSSR count). The number of aromatic nitrogens is 2. The van der Waals surface area contributed by atoms with Crippen molar-refractivity contribution in [2.75, 3.05) is 18.7 Å². The Labute approximate surface area is 201 Å². The predicted molar refractivity (Wildman–Crippen MR) is 126 cm³/mol. The molecule has 0 aliphatic heterocycles. The molecule has 0 saturated heterocycles. The summed E-state index contributed by atoms with van der Waals surface area (Å²) in [5, 5.41) is 9.32. The molecule has 9 heteroatoms. The van der Waals surface area contributed by atoms with Gasteiger partial charge in [0, 0.05) is 11.3 Å². The van der Waals surface area contributed by atoms with Crippen LogP contribution >= 0.6 is 46.6 Å². The van der Waals surface area contributed by atoms with Crippen molar-refractivity contribution in [1.29, 1.82) is 0 Å². The number of halogens is 3. The van der Waals surface area contributed by atoms with E-state index in [1.54, 1.807) is 0 Å². The molecule has 1 heterocycles. The topological polar surface area (TPSA) is 57.4 Å². The van der Waals surface area contributed by atoms with Gasteiger partial charge in [-0.1, -0.05) is 60.9 Å². The first-order valence-corrected chi connectivity index (χ1v) is 12.1. The molecular weight excluding hydrogens is 479 g/mol. The van der Waals surface area contributed by atoms with Crippen molar-refractivity contribution >= 4 is 46.6 Å². The molecule has 0 bridgehead atoms. The van der Waals surface area contributed by atoms with Crippen molar-refractivity contribution < 1.29 is 13.9 Å². The van der Waals surface area contributed by atoms with E-state index in [0.717, 1.165) is 17.5 Å². The number of rotatable bonds is 10. The molecule has 31 heavy (non-hydrogen) atoms. The molecule has 1 aromatic heterocycles. The van der Waals surface area contributed by atoms with Gasteiger partial charge in [0.1, 0.15) is 5.75 Å². The molecule has 2 aromatic carbocycles. The van der Waals surface area contributed by atoms with Gasteiger partial charge >= 0.3 is 0 Å². The largest absolute Gasteiger partial charge is 0.490 e. The number of ether oxygens (including phenoxy) is 2. The minimum Gasteiger partial charge on any atom is -0.490 e. The molecular formula is C22H23Cl3N2O3S. The van der Waals surface area contributed by atoms with Gasteiger partial charge in [-0.25, -0.2) is 0 Å². The van der Waals surface area contributed by atoms with E-state index >= 15 is 0 Å². The summed E-state index contributed by atoms with van der Waals surface area (Å²) in [5.41, 5.74) is 1.74. The minimum atomic E-state index is -0.333. The Balaban J connectivity index is 1.72. The summed E-state index contributed by atoms with van der Waals surface area (Å²) < 4.78 is 16.9. The van der Waals surface area contributed by atoms with Crippen LogP contribution in [0.3, 0.4) is 0 Å². The van der Waals surface area contributed by atoms with Gasteiger partial charge in [-0.05, 0) is 48.1 Å². The highest BCUT2D eigenvalue weighted by Gasteiger charge is 2.25. The Kier molecular flexibility index (Phi) is 8.39. The first kappa shape index (κ1) is 24.1. The van der Waals surface area contributed by atoms with Crippen molar-refractivity contribution in [2.24, 2.45) is 0 Å². The number of alkyl halides is 1. The van der Waals surface area contributed by atoms with Crippen molar-refractivity contribution in [3.05, 3.63) is 63.5 Å². The van der Waals surface area contributed by atoms with Gasteiger partial charge in [0.15, 0.2) is 12.4 Å².